The van der Waals surface area contributed by atoms with E-state index in [0.717, 1.165) is 4.70 Å². The number of carbonyl (C=O) groups excluding carboxylic acids is 1. The lowest BCUT2D eigenvalue weighted by Crippen LogP contribution is -2.24. The average Bonchev–Trinajstić information content (AvgIpc) is 2.93. The lowest BCUT2D eigenvalue weighted by Gasteiger charge is -2.10. The number of halogens is 1. The van der Waals surface area contributed by atoms with Gasteiger partial charge < -0.3 is 0 Å². The molecule has 5 heteroatoms. The Labute approximate surface area is 107 Å². The molecule has 0 saturated carbocycles. The summed E-state index contributed by atoms with van der Waals surface area (Å²) in [5.74, 6) is 2.10. The fourth-order valence-electron chi connectivity index (χ4n) is 2.02. The summed E-state index contributed by atoms with van der Waals surface area (Å²) < 4.78 is 14.3. The SMILES string of the molecule is C#CC1CC(=O)N(c2nc3c(F)cccc3s2)C1. The van der Waals surface area contributed by atoms with Crippen LogP contribution in [0.1, 0.15) is 6.42 Å². The number of fused-ring (bicyclic) bond motifs is 1. The Bertz CT molecular complexity index is 673. The summed E-state index contributed by atoms with van der Waals surface area (Å²) in [6.07, 6.45) is 5.67. The second-order valence-corrected chi connectivity index (χ2v) is 5.16. The average molecular weight is 260 g/mol. The summed E-state index contributed by atoms with van der Waals surface area (Å²) in [7, 11) is 0. The van der Waals surface area contributed by atoms with Gasteiger partial charge in [0.15, 0.2) is 5.13 Å². The van der Waals surface area contributed by atoms with Crippen LogP contribution in [0.3, 0.4) is 0 Å². The maximum atomic E-state index is 13.5. The van der Waals surface area contributed by atoms with Crippen LogP contribution in [0, 0.1) is 24.1 Å². The molecule has 1 aromatic carbocycles. The van der Waals surface area contributed by atoms with Crippen LogP contribution >= 0.6 is 11.3 Å². The molecule has 3 nitrogen and oxygen atoms in total. The Kier molecular flexibility index (Phi) is 2.53. The first-order valence-corrected chi connectivity index (χ1v) is 6.32. The van der Waals surface area contributed by atoms with Crippen LogP contribution in [0.4, 0.5) is 9.52 Å². The van der Waals surface area contributed by atoms with Gasteiger partial charge in [0, 0.05) is 18.9 Å². The summed E-state index contributed by atoms with van der Waals surface area (Å²) in [5, 5.41) is 0.526. The highest BCUT2D eigenvalue weighted by Gasteiger charge is 2.31. The van der Waals surface area contributed by atoms with Crippen LogP contribution in [-0.2, 0) is 4.79 Å². The molecular weight excluding hydrogens is 251 g/mol. The minimum Gasteiger partial charge on any atom is -0.287 e. The molecule has 2 heterocycles. The van der Waals surface area contributed by atoms with E-state index in [4.69, 9.17) is 6.42 Å². The summed E-state index contributed by atoms with van der Waals surface area (Å²) in [6, 6.07) is 4.79. The fourth-order valence-corrected chi connectivity index (χ4v) is 3.03. The molecule has 0 aliphatic carbocycles. The second kappa shape index (κ2) is 4.07. The molecule has 90 valence electrons. The van der Waals surface area contributed by atoms with Crippen molar-refractivity contribution in [3.05, 3.63) is 24.0 Å². The number of terminal acetylenes is 1. The number of nitrogens with zero attached hydrogens (tertiary/aromatic N) is 2. The van der Waals surface area contributed by atoms with E-state index in [1.54, 1.807) is 17.0 Å². The van der Waals surface area contributed by atoms with Gasteiger partial charge in [0.2, 0.25) is 5.91 Å². The third-order valence-corrected chi connectivity index (χ3v) is 3.99. The number of rotatable bonds is 1. The smallest absolute Gasteiger partial charge is 0.230 e. The molecule has 1 amide bonds. The Morgan fingerprint density at radius 1 is 1.56 bits per heavy atom. The fraction of sp³-hybridized carbons (Fsp3) is 0.231. The molecule has 0 N–H and O–H groups in total. The van der Waals surface area contributed by atoms with E-state index in [1.165, 1.54) is 17.4 Å². The van der Waals surface area contributed by atoms with Crippen LogP contribution in [0.5, 0.6) is 0 Å². The summed E-state index contributed by atoms with van der Waals surface area (Å²) in [6.45, 7) is 0.469. The van der Waals surface area contributed by atoms with Crippen LogP contribution in [0.15, 0.2) is 18.2 Å². The van der Waals surface area contributed by atoms with Crippen molar-refractivity contribution < 1.29 is 9.18 Å². The van der Waals surface area contributed by atoms with Crippen molar-refractivity contribution in [1.82, 2.24) is 4.98 Å². The third kappa shape index (κ3) is 1.66. The quantitative estimate of drug-likeness (QED) is 0.738. The van der Waals surface area contributed by atoms with Gasteiger partial charge >= 0.3 is 0 Å². The first-order chi connectivity index (χ1) is 8.69. The normalized spacial score (nSPS) is 19.4. The highest BCUT2D eigenvalue weighted by molar-refractivity contribution is 7.22. The van der Waals surface area contributed by atoms with E-state index in [-0.39, 0.29) is 17.6 Å². The van der Waals surface area contributed by atoms with E-state index in [0.29, 0.717) is 23.6 Å². The van der Waals surface area contributed by atoms with E-state index in [1.807, 2.05) is 0 Å². The van der Waals surface area contributed by atoms with Crippen molar-refractivity contribution in [1.29, 1.82) is 0 Å². The summed E-state index contributed by atoms with van der Waals surface area (Å²) in [4.78, 5) is 17.6. The Morgan fingerprint density at radius 2 is 2.39 bits per heavy atom. The van der Waals surface area contributed by atoms with E-state index >= 15 is 0 Å². The predicted octanol–water partition coefficient (Wildman–Crippen LogP) is 2.42. The van der Waals surface area contributed by atoms with Crippen LogP contribution in [-0.4, -0.2) is 17.4 Å². The van der Waals surface area contributed by atoms with Crippen molar-refractivity contribution in [3.63, 3.8) is 0 Å². The molecule has 1 aliphatic heterocycles. The van der Waals surface area contributed by atoms with Gasteiger partial charge in [-0.25, -0.2) is 9.37 Å². The zero-order valence-corrected chi connectivity index (χ0v) is 10.2. The van der Waals surface area contributed by atoms with Gasteiger partial charge in [-0.1, -0.05) is 17.4 Å². The number of anilines is 1. The Balaban J connectivity index is 2.03. The Hall–Kier alpha value is -1.93. The molecule has 0 bridgehead atoms. The number of aromatic nitrogens is 1. The molecule has 0 radical (unpaired) electrons. The monoisotopic (exact) mass is 260 g/mol. The van der Waals surface area contributed by atoms with Crippen molar-refractivity contribution in [2.75, 3.05) is 11.4 Å². The molecule has 18 heavy (non-hydrogen) atoms. The molecule has 0 spiro atoms. The van der Waals surface area contributed by atoms with Gasteiger partial charge in [-0.05, 0) is 12.1 Å². The van der Waals surface area contributed by atoms with E-state index < -0.39 is 0 Å². The zero-order chi connectivity index (χ0) is 12.7. The van der Waals surface area contributed by atoms with Gasteiger partial charge in [0.05, 0.1) is 4.70 Å². The Morgan fingerprint density at radius 3 is 3.06 bits per heavy atom. The van der Waals surface area contributed by atoms with Crippen LogP contribution in [0.25, 0.3) is 10.2 Å². The predicted molar refractivity (Wildman–Crippen MR) is 68.9 cm³/mol. The minimum atomic E-state index is -0.366. The molecule has 1 saturated heterocycles. The minimum absolute atomic E-state index is 0.0441. The van der Waals surface area contributed by atoms with Gasteiger partial charge in [-0.3, -0.25) is 9.69 Å². The zero-order valence-electron chi connectivity index (χ0n) is 9.39. The summed E-state index contributed by atoms with van der Waals surface area (Å²) in [5.41, 5.74) is 0.314. The van der Waals surface area contributed by atoms with Crippen molar-refractivity contribution in [2.45, 2.75) is 6.42 Å². The maximum absolute atomic E-state index is 13.5. The number of para-hydroxylation sites is 1. The molecule has 1 aliphatic rings. The largest absolute Gasteiger partial charge is 0.287 e. The topological polar surface area (TPSA) is 33.2 Å². The molecule has 1 aromatic heterocycles. The van der Waals surface area contributed by atoms with Crippen molar-refractivity contribution in [2.24, 2.45) is 5.92 Å². The lowest BCUT2D eigenvalue weighted by molar-refractivity contribution is -0.117. The van der Waals surface area contributed by atoms with E-state index in [2.05, 4.69) is 10.9 Å². The van der Waals surface area contributed by atoms with Crippen molar-refractivity contribution >= 4 is 32.6 Å². The van der Waals surface area contributed by atoms with Crippen LogP contribution < -0.4 is 4.90 Å². The first kappa shape index (κ1) is 11.2. The molecule has 1 unspecified atom stereocenters. The molecular formula is C13H9FN2OS. The highest BCUT2D eigenvalue weighted by atomic mass is 32.1. The molecule has 2 aromatic rings. The van der Waals surface area contributed by atoms with Gasteiger partial charge in [0.1, 0.15) is 11.3 Å². The number of carbonyl (C=O) groups is 1. The first-order valence-electron chi connectivity index (χ1n) is 5.50. The number of benzene rings is 1. The molecule has 1 atom stereocenters. The van der Waals surface area contributed by atoms with Gasteiger partial charge in [0.25, 0.3) is 0 Å². The maximum Gasteiger partial charge on any atom is 0.230 e. The number of hydrogen-bond donors (Lipinski definition) is 0. The van der Waals surface area contributed by atoms with E-state index in [9.17, 15) is 9.18 Å². The number of hydrogen-bond acceptors (Lipinski definition) is 3. The molecule has 1 fully saturated rings. The number of amides is 1. The standard InChI is InChI=1S/C13H9FN2OS/c1-2-8-6-11(17)16(7-8)13-15-12-9(14)4-3-5-10(12)18-13/h1,3-5,8H,6-7H2. The molecule has 3 rings (SSSR count). The van der Waals surface area contributed by atoms with Gasteiger partial charge in [-0.15, -0.1) is 12.3 Å². The highest BCUT2D eigenvalue weighted by Crippen LogP contribution is 2.33. The van der Waals surface area contributed by atoms with Crippen LogP contribution in [0.2, 0.25) is 0 Å². The lowest BCUT2D eigenvalue weighted by atomic mass is 10.1. The number of thiazole rings is 1. The van der Waals surface area contributed by atoms with Crippen molar-refractivity contribution in [3.8, 4) is 12.3 Å². The third-order valence-electron chi connectivity index (χ3n) is 2.95. The summed E-state index contributed by atoms with van der Waals surface area (Å²) >= 11 is 1.31. The van der Waals surface area contributed by atoms with Gasteiger partial charge in [-0.2, -0.15) is 0 Å². The second-order valence-electron chi connectivity index (χ2n) is 4.16.